The minimum Gasteiger partial charge on any atom is -0.324 e. The van der Waals surface area contributed by atoms with Crippen LogP contribution in [0.5, 0.6) is 0 Å². The van der Waals surface area contributed by atoms with Gasteiger partial charge in [0.15, 0.2) is 0 Å². The molecule has 70 valence electrons. The second kappa shape index (κ2) is 3.76. The Morgan fingerprint density at radius 2 is 1.92 bits per heavy atom. The predicted molar refractivity (Wildman–Crippen MR) is 47.4 cm³/mol. The maximum absolute atomic E-state index is 11.5. The maximum Gasteiger partial charge on any atom is 0.334 e. The molecule has 2 amide bonds. The van der Waals surface area contributed by atoms with Crippen LogP contribution in [-0.2, 0) is 0 Å². The third-order valence-corrected chi connectivity index (χ3v) is 2.20. The average molecular weight is 171 g/mol. The van der Waals surface area contributed by atoms with Crippen LogP contribution in [0.25, 0.3) is 0 Å². The van der Waals surface area contributed by atoms with E-state index in [1.807, 2.05) is 13.8 Å². The van der Waals surface area contributed by atoms with E-state index in [9.17, 15) is 4.79 Å². The van der Waals surface area contributed by atoms with Gasteiger partial charge in [0.05, 0.1) is 6.04 Å². The van der Waals surface area contributed by atoms with Crippen LogP contribution in [0.4, 0.5) is 4.79 Å². The fraction of sp³-hybridized carbons (Fsp3) is 0.875. The summed E-state index contributed by atoms with van der Waals surface area (Å²) >= 11 is 0. The molecule has 1 saturated carbocycles. The quantitative estimate of drug-likeness (QED) is 0.387. The van der Waals surface area contributed by atoms with Crippen LogP contribution in [0.2, 0.25) is 0 Å². The third-order valence-electron chi connectivity index (χ3n) is 2.20. The smallest absolute Gasteiger partial charge is 0.324 e. The summed E-state index contributed by atoms with van der Waals surface area (Å²) in [5.41, 5.74) is 0. The van der Waals surface area contributed by atoms with Crippen molar-refractivity contribution in [2.45, 2.75) is 32.7 Å². The van der Waals surface area contributed by atoms with E-state index in [1.54, 1.807) is 4.90 Å². The van der Waals surface area contributed by atoms with Crippen molar-refractivity contribution in [3.63, 3.8) is 0 Å². The number of nitrogens with two attached hydrogens (primary N) is 1. The molecule has 0 aromatic rings. The van der Waals surface area contributed by atoms with Gasteiger partial charge < -0.3 is 4.90 Å². The molecule has 1 aliphatic rings. The molecule has 1 aliphatic carbocycles. The molecule has 12 heavy (non-hydrogen) atoms. The molecule has 0 aliphatic heterocycles. The average Bonchev–Trinajstić information content (AvgIpc) is 2.87. The second-order valence-corrected chi connectivity index (χ2v) is 3.09. The molecule has 0 saturated heterocycles. The number of hydrogen-bond donors (Lipinski definition) is 1. The molecule has 4 nitrogen and oxygen atoms in total. The molecule has 0 heterocycles. The lowest BCUT2D eigenvalue weighted by atomic mass is 10.5. The van der Waals surface area contributed by atoms with Gasteiger partial charge in [0.25, 0.3) is 0 Å². The molecule has 2 N–H and O–H groups in total. The van der Waals surface area contributed by atoms with E-state index in [2.05, 4.69) is 0 Å². The van der Waals surface area contributed by atoms with Crippen molar-refractivity contribution in [3.05, 3.63) is 0 Å². The van der Waals surface area contributed by atoms with Gasteiger partial charge in [-0.25, -0.2) is 10.6 Å². The van der Waals surface area contributed by atoms with Crippen LogP contribution < -0.4 is 5.84 Å². The zero-order valence-electron chi connectivity index (χ0n) is 7.79. The zero-order chi connectivity index (χ0) is 9.14. The Kier molecular flexibility index (Phi) is 2.92. The lowest BCUT2D eigenvalue weighted by Crippen LogP contribution is -2.48. The normalized spacial score (nSPS) is 15.9. The number of urea groups is 1. The summed E-state index contributed by atoms with van der Waals surface area (Å²) in [5, 5.41) is 1.37. The number of carbonyl (C=O) groups is 1. The van der Waals surface area contributed by atoms with E-state index in [4.69, 9.17) is 5.84 Å². The summed E-state index contributed by atoms with van der Waals surface area (Å²) in [6, 6.07) is 0.264. The van der Waals surface area contributed by atoms with E-state index in [1.165, 1.54) is 5.01 Å². The fourth-order valence-electron chi connectivity index (χ4n) is 1.17. The summed E-state index contributed by atoms with van der Waals surface area (Å²) in [5.74, 6) is 5.62. The number of hydrazine groups is 1. The number of amides is 2. The highest BCUT2D eigenvalue weighted by Crippen LogP contribution is 2.24. The van der Waals surface area contributed by atoms with Gasteiger partial charge in [0.1, 0.15) is 0 Å². The molecule has 0 unspecified atom stereocenters. The second-order valence-electron chi connectivity index (χ2n) is 3.09. The molecular formula is C8H17N3O. The highest BCUT2D eigenvalue weighted by Gasteiger charge is 2.32. The van der Waals surface area contributed by atoms with E-state index in [-0.39, 0.29) is 6.03 Å². The first-order valence-electron chi connectivity index (χ1n) is 4.53. The molecule has 0 aromatic heterocycles. The highest BCUT2D eigenvalue weighted by atomic mass is 16.2. The van der Waals surface area contributed by atoms with E-state index in [0.29, 0.717) is 6.04 Å². The van der Waals surface area contributed by atoms with Crippen LogP contribution in [-0.4, -0.2) is 35.1 Å². The molecule has 1 rings (SSSR count). The monoisotopic (exact) mass is 171 g/mol. The highest BCUT2D eigenvalue weighted by molar-refractivity contribution is 5.74. The maximum atomic E-state index is 11.5. The summed E-state index contributed by atoms with van der Waals surface area (Å²) in [6.07, 6.45) is 2.12. The van der Waals surface area contributed by atoms with Gasteiger partial charge in [-0.3, -0.25) is 5.01 Å². The zero-order valence-corrected chi connectivity index (χ0v) is 7.79. The molecule has 0 atom stereocenters. The Balaban J connectivity index is 2.42. The lowest BCUT2D eigenvalue weighted by Gasteiger charge is -2.25. The number of rotatable bonds is 3. The first kappa shape index (κ1) is 9.32. The molecular weight excluding hydrogens is 154 g/mol. The topological polar surface area (TPSA) is 49.6 Å². The van der Waals surface area contributed by atoms with Crippen LogP contribution in [0.15, 0.2) is 0 Å². The van der Waals surface area contributed by atoms with Gasteiger partial charge in [-0.15, -0.1) is 0 Å². The Morgan fingerprint density at radius 3 is 2.25 bits per heavy atom. The van der Waals surface area contributed by atoms with Crippen molar-refractivity contribution >= 4 is 6.03 Å². The summed E-state index contributed by atoms with van der Waals surface area (Å²) in [7, 11) is 0. The van der Waals surface area contributed by atoms with Gasteiger partial charge in [-0.1, -0.05) is 0 Å². The number of hydrogen-bond acceptors (Lipinski definition) is 2. The minimum atomic E-state index is -0.0394. The van der Waals surface area contributed by atoms with Crippen molar-refractivity contribution < 1.29 is 4.79 Å². The first-order valence-corrected chi connectivity index (χ1v) is 4.53. The Bertz CT molecular complexity index is 160. The van der Waals surface area contributed by atoms with Gasteiger partial charge in [-0.05, 0) is 26.7 Å². The van der Waals surface area contributed by atoms with Crippen molar-refractivity contribution in [2.75, 3.05) is 13.1 Å². The summed E-state index contributed by atoms with van der Waals surface area (Å²) in [6.45, 7) is 5.38. The van der Waals surface area contributed by atoms with Crippen LogP contribution >= 0.6 is 0 Å². The largest absolute Gasteiger partial charge is 0.334 e. The summed E-state index contributed by atoms with van der Waals surface area (Å²) in [4.78, 5) is 13.2. The Morgan fingerprint density at radius 1 is 1.42 bits per heavy atom. The van der Waals surface area contributed by atoms with Gasteiger partial charge in [0.2, 0.25) is 0 Å². The standard InChI is InChI=1S/C8H17N3O/c1-3-10(4-2)8(12)11(9)7-5-6-7/h7H,3-6,9H2,1-2H3. The van der Waals surface area contributed by atoms with Gasteiger partial charge in [-0.2, -0.15) is 0 Å². The van der Waals surface area contributed by atoms with E-state index < -0.39 is 0 Å². The number of nitrogens with zero attached hydrogens (tertiary/aromatic N) is 2. The van der Waals surface area contributed by atoms with Crippen molar-refractivity contribution in [1.29, 1.82) is 0 Å². The summed E-state index contributed by atoms with van der Waals surface area (Å²) < 4.78 is 0. The van der Waals surface area contributed by atoms with Crippen molar-refractivity contribution in [3.8, 4) is 0 Å². The minimum absolute atomic E-state index is 0.0394. The molecule has 0 aromatic carbocycles. The van der Waals surface area contributed by atoms with Crippen LogP contribution in [0.1, 0.15) is 26.7 Å². The van der Waals surface area contributed by atoms with Crippen molar-refractivity contribution in [2.24, 2.45) is 5.84 Å². The number of carbonyl (C=O) groups excluding carboxylic acids is 1. The van der Waals surface area contributed by atoms with E-state index in [0.717, 1.165) is 25.9 Å². The Hall–Kier alpha value is -0.770. The molecule has 0 bridgehead atoms. The van der Waals surface area contributed by atoms with E-state index >= 15 is 0 Å². The van der Waals surface area contributed by atoms with Gasteiger partial charge in [0, 0.05) is 13.1 Å². The van der Waals surface area contributed by atoms with Crippen LogP contribution in [0, 0.1) is 0 Å². The van der Waals surface area contributed by atoms with Gasteiger partial charge >= 0.3 is 6.03 Å². The molecule has 4 heteroatoms. The van der Waals surface area contributed by atoms with Crippen molar-refractivity contribution in [1.82, 2.24) is 9.91 Å². The SMILES string of the molecule is CCN(CC)C(=O)N(N)C1CC1. The third kappa shape index (κ3) is 1.88. The van der Waals surface area contributed by atoms with Crippen LogP contribution in [0.3, 0.4) is 0 Å². The molecule has 0 spiro atoms. The molecule has 0 radical (unpaired) electrons. The Labute approximate surface area is 73.3 Å². The predicted octanol–water partition coefficient (Wildman–Crippen LogP) is 0.786. The lowest BCUT2D eigenvalue weighted by molar-refractivity contribution is 0.155. The fourth-order valence-corrected chi connectivity index (χ4v) is 1.17. The molecule has 1 fully saturated rings. The first-order chi connectivity index (χ1) is 5.70.